The van der Waals surface area contributed by atoms with Gasteiger partial charge in [-0.05, 0) is 90.8 Å². The summed E-state index contributed by atoms with van der Waals surface area (Å²) in [6.45, 7) is 16.6. The molecule has 4 aliphatic rings. The van der Waals surface area contributed by atoms with Crippen molar-refractivity contribution in [3.05, 3.63) is 24.3 Å². The molecule has 1 heteroatoms. The zero-order valence-electron chi connectivity index (χ0n) is 21.1. The Hall–Kier alpha value is -0.850. The van der Waals surface area contributed by atoms with Crippen LogP contribution in [0.25, 0.3) is 0 Å². The van der Waals surface area contributed by atoms with Gasteiger partial charge in [0.1, 0.15) is 5.78 Å². The zero-order valence-corrected chi connectivity index (χ0v) is 21.1. The Morgan fingerprint density at radius 2 is 1.87 bits per heavy atom. The summed E-state index contributed by atoms with van der Waals surface area (Å²) >= 11 is 0. The minimum Gasteiger partial charge on any atom is -0.299 e. The topological polar surface area (TPSA) is 17.1 Å². The van der Waals surface area contributed by atoms with Gasteiger partial charge >= 0.3 is 0 Å². The summed E-state index contributed by atoms with van der Waals surface area (Å²) in [5.41, 5.74) is 2.29. The van der Waals surface area contributed by atoms with E-state index in [1.165, 1.54) is 50.5 Å². The third-order valence-electron chi connectivity index (χ3n) is 10.7. The first-order chi connectivity index (χ1) is 14.7. The van der Waals surface area contributed by atoms with E-state index in [0.29, 0.717) is 17.1 Å². The average Bonchev–Trinajstić information content (AvgIpc) is 3.06. The van der Waals surface area contributed by atoms with Crippen molar-refractivity contribution in [2.24, 2.45) is 52.3 Å². The van der Waals surface area contributed by atoms with Crippen molar-refractivity contribution >= 4 is 5.78 Å². The first-order valence-electron chi connectivity index (χ1n) is 13.5. The van der Waals surface area contributed by atoms with Gasteiger partial charge in [-0.1, -0.05) is 71.6 Å². The van der Waals surface area contributed by atoms with Gasteiger partial charge in [0.2, 0.25) is 0 Å². The highest BCUT2D eigenvalue weighted by molar-refractivity contribution is 5.82. The highest BCUT2D eigenvalue weighted by Gasteiger charge is 2.60. The van der Waals surface area contributed by atoms with Gasteiger partial charge in [0.25, 0.3) is 0 Å². The molecule has 0 heterocycles. The van der Waals surface area contributed by atoms with E-state index in [0.717, 1.165) is 61.2 Å². The Kier molecular flexibility index (Phi) is 6.64. The van der Waals surface area contributed by atoms with Gasteiger partial charge in [-0.25, -0.2) is 0 Å². The number of hydrogen-bond donors (Lipinski definition) is 0. The minimum atomic E-state index is 0.276. The molecule has 4 rings (SSSR count). The first-order valence-corrected chi connectivity index (χ1v) is 13.5. The van der Waals surface area contributed by atoms with E-state index < -0.39 is 0 Å². The Bertz CT molecular complexity index is 716. The van der Waals surface area contributed by atoms with Gasteiger partial charge in [0.15, 0.2) is 0 Å². The standard InChI is InChI=1S/C30H48O/c1-7-9-22-18-23-19-24(31)14-16-29(23,5)27-15-17-30(6)25(12-13-26(30)28(22)27)21(4)11-8-10-20(2)3/h7,18,20-22,25-28H,1,8-17,19H2,2-6H3/t21?,22?,25?,26?,27?,28?,29-,30+/m0/s1. The monoisotopic (exact) mass is 424 g/mol. The fourth-order valence-corrected chi connectivity index (χ4v) is 9.08. The summed E-state index contributed by atoms with van der Waals surface area (Å²) in [6, 6.07) is 0. The van der Waals surface area contributed by atoms with Crippen LogP contribution in [0.4, 0.5) is 0 Å². The van der Waals surface area contributed by atoms with E-state index in [2.05, 4.69) is 53.3 Å². The number of hydrogen-bond acceptors (Lipinski definition) is 1. The Balaban J connectivity index is 1.59. The number of Topliss-reactive ketones (excluding diaryl/α,β-unsaturated/α-hetero) is 1. The molecule has 0 saturated heterocycles. The van der Waals surface area contributed by atoms with Crippen LogP contribution in [0.1, 0.15) is 105 Å². The number of carbonyl (C=O) groups excluding carboxylic acids is 1. The predicted octanol–water partition coefficient (Wildman–Crippen LogP) is 8.40. The smallest absolute Gasteiger partial charge is 0.136 e. The van der Waals surface area contributed by atoms with Crippen molar-refractivity contribution in [1.82, 2.24) is 0 Å². The summed E-state index contributed by atoms with van der Waals surface area (Å²) in [6.07, 6.45) is 18.3. The molecule has 6 unspecified atom stereocenters. The number of rotatable bonds is 7. The highest BCUT2D eigenvalue weighted by atomic mass is 16.1. The zero-order chi connectivity index (χ0) is 22.4. The van der Waals surface area contributed by atoms with Crippen LogP contribution in [0.3, 0.4) is 0 Å². The summed E-state index contributed by atoms with van der Waals surface area (Å²) in [7, 11) is 0. The quantitative estimate of drug-likeness (QED) is 0.375. The molecule has 0 aromatic rings. The van der Waals surface area contributed by atoms with Crippen LogP contribution >= 0.6 is 0 Å². The molecule has 0 aromatic heterocycles. The normalized spacial score (nSPS) is 43.1. The molecule has 31 heavy (non-hydrogen) atoms. The fraction of sp³-hybridized carbons (Fsp3) is 0.833. The third-order valence-corrected chi connectivity index (χ3v) is 10.7. The molecular formula is C30H48O. The van der Waals surface area contributed by atoms with Crippen LogP contribution in [-0.4, -0.2) is 5.78 Å². The molecule has 174 valence electrons. The van der Waals surface area contributed by atoms with Gasteiger partial charge in [-0.15, -0.1) is 6.58 Å². The lowest BCUT2D eigenvalue weighted by molar-refractivity contribution is -0.123. The van der Waals surface area contributed by atoms with E-state index in [-0.39, 0.29) is 5.41 Å². The molecule has 0 radical (unpaired) electrons. The molecule has 3 saturated carbocycles. The van der Waals surface area contributed by atoms with Crippen molar-refractivity contribution in [3.63, 3.8) is 0 Å². The SMILES string of the molecule is C=CCC1C=C2CC(=O)CC[C@]2(C)C2CC[C@]3(C)C(C(C)CCCC(C)C)CCC3C12. The van der Waals surface area contributed by atoms with Crippen molar-refractivity contribution in [3.8, 4) is 0 Å². The van der Waals surface area contributed by atoms with Crippen LogP contribution in [-0.2, 0) is 4.79 Å². The fourth-order valence-electron chi connectivity index (χ4n) is 9.08. The predicted molar refractivity (Wildman–Crippen MR) is 132 cm³/mol. The van der Waals surface area contributed by atoms with Gasteiger partial charge in [-0.3, -0.25) is 4.79 Å². The second-order valence-corrected chi connectivity index (χ2v) is 12.8. The largest absolute Gasteiger partial charge is 0.299 e. The number of carbonyl (C=O) groups is 1. The summed E-state index contributed by atoms with van der Waals surface area (Å²) in [4.78, 5) is 12.3. The summed E-state index contributed by atoms with van der Waals surface area (Å²) in [5, 5.41) is 0. The number of ketones is 1. The maximum absolute atomic E-state index is 12.3. The Morgan fingerprint density at radius 1 is 1.10 bits per heavy atom. The lowest BCUT2D eigenvalue weighted by atomic mass is 9.45. The van der Waals surface area contributed by atoms with Crippen LogP contribution in [0.5, 0.6) is 0 Å². The van der Waals surface area contributed by atoms with Crippen LogP contribution in [0, 0.1) is 52.3 Å². The first kappa shape index (κ1) is 23.3. The van der Waals surface area contributed by atoms with Gasteiger partial charge in [0, 0.05) is 12.8 Å². The molecule has 0 bridgehead atoms. The van der Waals surface area contributed by atoms with E-state index in [1.807, 2.05) is 0 Å². The Labute approximate surface area is 192 Å². The molecule has 0 spiro atoms. The minimum absolute atomic E-state index is 0.276. The van der Waals surface area contributed by atoms with E-state index >= 15 is 0 Å². The molecule has 4 aliphatic carbocycles. The molecule has 1 nitrogen and oxygen atoms in total. The van der Waals surface area contributed by atoms with Gasteiger partial charge < -0.3 is 0 Å². The van der Waals surface area contributed by atoms with Crippen molar-refractivity contribution < 1.29 is 4.79 Å². The summed E-state index contributed by atoms with van der Waals surface area (Å²) < 4.78 is 0. The third kappa shape index (κ3) is 4.02. The molecule has 3 fully saturated rings. The van der Waals surface area contributed by atoms with Gasteiger partial charge in [-0.2, -0.15) is 0 Å². The lowest BCUT2D eigenvalue weighted by Crippen LogP contribution is -2.53. The second kappa shape index (κ2) is 8.83. The van der Waals surface area contributed by atoms with Crippen LogP contribution in [0.15, 0.2) is 24.3 Å². The maximum atomic E-state index is 12.3. The summed E-state index contributed by atoms with van der Waals surface area (Å²) in [5.74, 6) is 6.11. The van der Waals surface area contributed by atoms with Crippen LogP contribution in [0.2, 0.25) is 0 Å². The lowest BCUT2D eigenvalue weighted by Gasteiger charge is -2.60. The molecular weight excluding hydrogens is 376 g/mol. The van der Waals surface area contributed by atoms with Crippen LogP contribution < -0.4 is 0 Å². The van der Waals surface area contributed by atoms with E-state index in [1.54, 1.807) is 0 Å². The molecule has 8 atom stereocenters. The molecule has 0 N–H and O–H groups in total. The van der Waals surface area contributed by atoms with E-state index in [9.17, 15) is 4.79 Å². The van der Waals surface area contributed by atoms with Crippen molar-refractivity contribution in [1.29, 1.82) is 0 Å². The van der Waals surface area contributed by atoms with Crippen molar-refractivity contribution in [2.45, 2.75) is 105 Å². The Morgan fingerprint density at radius 3 is 2.58 bits per heavy atom. The van der Waals surface area contributed by atoms with Gasteiger partial charge in [0.05, 0.1) is 0 Å². The second-order valence-electron chi connectivity index (χ2n) is 12.8. The average molecular weight is 425 g/mol. The highest BCUT2D eigenvalue weighted by Crippen LogP contribution is 2.68. The maximum Gasteiger partial charge on any atom is 0.136 e. The number of allylic oxidation sites excluding steroid dienone is 3. The molecule has 0 amide bonds. The van der Waals surface area contributed by atoms with Crippen molar-refractivity contribution in [2.75, 3.05) is 0 Å². The van der Waals surface area contributed by atoms with E-state index in [4.69, 9.17) is 0 Å². The number of fused-ring (bicyclic) bond motifs is 5. The molecule has 0 aromatic carbocycles. The molecule has 0 aliphatic heterocycles.